The Morgan fingerprint density at radius 2 is 2.29 bits per heavy atom. The van der Waals surface area contributed by atoms with Crippen LogP contribution >= 0.6 is 0 Å². The highest BCUT2D eigenvalue weighted by molar-refractivity contribution is 5.89. The first-order valence-corrected chi connectivity index (χ1v) is 5.31. The number of hydrogen-bond donors (Lipinski definition) is 4. The molecule has 0 bridgehead atoms. The molecule has 0 aromatic heterocycles. The minimum absolute atomic E-state index is 0.168. The highest BCUT2D eigenvalue weighted by atomic mass is 19.1. The summed E-state index contributed by atoms with van der Waals surface area (Å²) in [4.78, 5) is 11.4. The van der Waals surface area contributed by atoms with E-state index in [2.05, 4.69) is 16.0 Å². The van der Waals surface area contributed by atoms with Gasteiger partial charge in [0.05, 0.1) is 6.54 Å². The van der Waals surface area contributed by atoms with Crippen LogP contribution in [0.3, 0.4) is 0 Å². The Balaban J connectivity index is 1.81. The SMILES string of the molecule is O=C(NCC1(O)CNC1)Nc1cccc(F)c1. The smallest absolute Gasteiger partial charge is 0.319 e. The molecule has 1 aliphatic heterocycles. The molecule has 4 N–H and O–H groups in total. The summed E-state index contributed by atoms with van der Waals surface area (Å²) >= 11 is 0. The maximum atomic E-state index is 12.8. The number of amides is 2. The highest BCUT2D eigenvalue weighted by Crippen LogP contribution is 2.10. The molecule has 5 nitrogen and oxygen atoms in total. The van der Waals surface area contributed by atoms with E-state index in [1.54, 1.807) is 6.07 Å². The monoisotopic (exact) mass is 239 g/mol. The molecule has 1 heterocycles. The number of anilines is 1. The zero-order valence-corrected chi connectivity index (χ0v) is 9.16. The second-order valence-electron chi connectivity index (χ2n) is 4.15. The first-order valence-electron chi connectivity index (χ1n) is 5.31. The van der Waals surface area contributed by atoms with Gasteiger partial charge in [-0.3, -0.25) is 0 Å². The van der Waals surface area contributed by atoms with Crippen molar-refractivity contribution in [3.05, 3.63) is 30.1 Å². The Labute approximate surface area is 98.0 Å². The van der Waals surface area contributed by atoms with E-state index in [4.69, 9.17) is 0 Å². The van der Waals surface area contributed by atoms with Gasteiger partial charge in [0.1, 0.15) is 11.4 Å². The summed E-state index contributed by atoms with van der Waals surface area (Å²) in [6.07, 6.45) is 0. The van der Waals surface area contributed by atoms with Gasteiger partial charge in [-0.25, -0.2) is 9.18 Å². The van der Waals surface area contributed by atoms with E-state index in [-0.39, 0.29) is 6.54 Å². The van der Waals surface area contributed by atoms with Crippen LogP contribution < -0.4 is 16.0 Å². The molecule has 0 saturated carbocycles. The van der Waals surface area contributed by atoms with E-state index < -0.39 is 17.4 Å². The van der Waals surface area contributed by atoms with Gasteiger partial charge < -0.3 is 21.1 Å². The van der Waals surface area contributed by atoms with Crippen molar-refractivity contribution in [2.45, 2.75) is 5.60 Å². The van der Waals surface area contributed by atoms with Gasteiger partial charge in [0.15, 0.2) is 0 Å². The summed E-state index contributed by atoms with van der Waals surface area (Å²) in [6.45, 7) is 1.10. The van der Waals surface area contributed by atoms with Crippen molar-refractivity contribution in [2.75, 3.05) is 25.0 Å². The number of halogens is 1. The number of carbonyl (C=O) groups excluding carboxylic acids is 1. The van der Waals surface area contributed by atoms with Crippen LogP contribution in [0, 0.1) is 5.82 Å². The lowest BCUT2D eigenvalue weighted by atomic mass is 9.98. The Morgan fingerprint density at radius 3 is 2.88 bits per heavy atom. The quantitative estimate of drug-likeness (QED) is 0.612. The van der Waals surface area contributed by atoms with E-state index in [1.807, 2.05) is 0 Å². The molecule has 0 spiro atoms. The molecular weight excluding hydrogens is 225 g/mol. The molecule has 0 aliphatic carbocycles. The Kier molecular flexibility index (Phi) is 3.26. The van der Waals surface area contributed by atoms with Gasteiger partial charge >= 0.3 is 6.03 Å². The van der Waals surface area contributed by atoms with Crippen LogP contribution in [0.5, 0.6) is 0 Å². The average Bonchev–Trinajstić information content (AvgIpc) is 2.24. The standard InChI is InChI=1S/C11H14FN3O2/c12-8-2-1-3-9(4-8)15-10(16)14-7-11(17)5-13-6-11/h1-4,13,17H,5-7H2,(H2,14,15,16). The zero-order chi connectivity index (χ0) is 12.3. The number of nitrogens with one attached hydrogen (secondary N) is 3. The molecule has 1 aromatic rings. The van der Waals surface area contributed by atoms with Crippen molar-refractivity contribution in [2.24, 2.45) is 0 Å². The molecule has 0 atom stereocenters. The molecule has 1 aliphatic rings. The van der Waals surface area contributed by atoms with Crippen LogP contribution in [-0.4, -0.2) is 36.4 Å². The topological polar surface area (TPSA) is 73.4 Å². The van der Waals surface area contributed by atoms with Crippen molar-refractivity contribution in [3.63, 3.8) is 0 Å². The lowest BCUT2D eigenvalue weighted by molar-refractivity contribution is -0.00575. The molecule has 0 radical (unpaired) electrons. The largest absolute Gasteiger partial charge is 0.385 e. The molecule has 2 amide bonds. The first-order chi connectivity index (χ1) is 8.07. The number of carbonyl (C=O) groups is 1. The first kappa shape index (κ1) is 11.8. The number of aliphatic hydroxyl groups is 1. The third kappa shape index (κ3) is 3.15. The second-order valence-corrected chi connectivity index (χ2v) is 4.15. The highest BCUT2D eigenvalue weighted by Gasteiger charge is 2.34. The Bertz CT molecular complexity index is 421. The zero-order valence-electron chi connectivity index (χ0n) is 9.16. The van der Waals surface area contributed by atoms with Gasteiger partial charge in [0, 0.05) is 18.8 Å². The van der Waals surface area contributed by atoms with Gasteiger partial charge in [-0.05, 0) is 18.2 Å². The number of hydrogen-bond acceptors (Lipinski definition) is 3. The lowest BCUT2D eigenvalue weighted by Gasteiger charge is -2.37. The summed E-state index contributed by atoms with van der Waals surface area (Å²) in [6, 6.07) is 5.15. The van der Waals surface area contributed by atoms with Crippen LogP contribution in [0.2, 0.25) is 0 Å². The van der Waals surface area contributed by atoms with Gasteiger partial charge in [-0.15, -0.1) is 0 Å². The average molecular weight is 239 g/mol. The molecule has 1 fully saturated rings. The number of benzene rings is 1. The van der Waals surface area contributed by atoms with Gasteiger partial charge in [0.25, 0.3) is 0 Å². The summed E-state index contributed by atoms with van der Waals surface area (Å²) in [7, 11) is 0. The van der Waals surface area contributed by atoms with E-state index >= 15 is 0 Å². The molecular formula is C11H14FN3O2. The normalized spacial score (nSPS) is 17.1. The fraction of sp³-hybridized carbons (Fsp3) is 0.364. The van der Waals surface area contributed by atoms with E-state index in [1.165, 1.54) is 18.2 Å². The predicted molar refractivity (Wildman–Crippen MR) is 61.2 cm³/mol. The van der Waals surface area contributed by atoms with E-state index in [0.717, 1.165) is 0 Å². The third-order valence-electron chi connectivity index (χ3n) is 2.57. The van der Waals surface area contributed by atoms with Crippen molar-refractivity contribution in [1.29, 1.82) is 0 Å². The van der Waals surface area contributed by atoms with E-state index in [9.17, 15) is 14.3 Å². The van der Waals surface area contributed by atoms with Crippen molar-refractivity contribution < 1.29 is 14.3 Å². The van der Waals surface area contributed by atoms with Crippen LogP contribution in [0.4, 0.5) is 14.9 Å². The molecule has 92 valence electrons. The van der Waals surface area contributed by atoms with Crippen LogP contribution in [-0.2, 0) is 0 Å². The molecule has 1 aromatic carbocycles. The molecule has 1 saturated heterocycles. The molecule has 6 heteroatoms. The van der Waals surface area contributed by atoms with Crippen LogP contribution in [0.1, 0.15) is 0 Å². The molecule has 2 rings (SSSR count). The fourth-order valence-corrected chi connectivity index (χ4v) is 1.52. The minimum Gasteiger partial charge on any atom is -0.385 e. The van der Waals surface area contributed by atoms with Gasteiger partial charge in [-0.2, -0.15) is 0 Å². The molecule has 0 unspecified atom stereocenters. The summed E-state index contributed by atoms with van der Waals surface area (Å²) in [5, 5.41) is 17.6. The van der Waals surface area contributed by atoms with Crippen LogP contribution in [0.25, 0.3) is 0 Å². The summed E-state index contributed by atoms with van der Waals surface area (Å²) in [5.41, 5.74) is -0.486. The summed E-state index contributed by atoms with van der Waals surface area (Å²) < 4.78 is 12.8. The van der Waals surface area contributed by atoms with Gasteiger partial charge in [0.2, 0.25) is 0 Å². The maximum absolute atomic E-state index is 12.8. The maximum Gasteiger partial charge on any atom is 0.319 e. The lowest BCUT2D eigenvalue weighted by Crippen LogP contribution is -2.64. The predicted octanol–water partition coefficient (Wildman–Crippen LogP) is 0.281. The minimum atomic E-state index is -0.862. The van der Waals surface area contributed by atoms with Crippen molar-refractivity contribution in [1.82, 2.24) is 10.6 Å². The van der Waals surface area contributed by atoms with Gasteiger partial charge in [-0.1, -0.05) is 6.07 Å². The Hall–Kier alpha value is -1.66. The second kappa shape index (κ2) is 4.68. The van der Waals surface area contributed by atoms with E-state index in [0.29, 0.717) is 18.8 Å². The van der Waals surface area contributed by atoms with Crippen LogP contribution in [0.15, 0.2) is 24.3 Å². The van der Waals surface area contributed by atoms with Crippen molar-refractivity contribution in [3.8, 4) is 0 Å². The third-order valence-corrected chi connectivity index (χ3v) is 2.57. The van der Waals surface area contributed by atoms with Crippen molar-refractivity contribution >= 4 is 11.7 Å². The molecule has 17 heavy (non-hydrogen) atoms. The number of urea groups is 1. The number of β-amino-alcohol motifs (C(OH)–C–C–N with tert-alkyl or cyclic N) is 1. The number of rotatable bonds is 3. The Morgan fingerprint density at radius 1 is 1.53 bits per heavy atom. The summed E-state index contributed by atoms with van der Waals surface area (Å²) in [5.74, 6) is -0.412. The fourth-order valence-electron chi connectivity index (χ4n) is 1.52.